The first-order chi connectivity index (χ1) is 8.22. The lowest BCUT2D eigenvalue weighted by molar-refractivity contribution is 0.900. The second-order valence-corrected chi connectivity index (χ2v) is 6.19. The molecule has 88 valence electrons. The minimum atomic E-state index is 0.889. The molecule has 1 aliphatic rings. The molecule has 2 aromatic heterocycles. The van der Waals surface area contributed by atoms with Crippen molar-refractivity contribution in [1.82, 2.24) is 9.97 Å². The first-order valence-corrected chi connectivity index (χ1v) is 7.21. The molecule has 5 heteroatoms. The zero-order valence-corrected chi connectivity index (χ0v) is 11.9. The monoisotopic (exact) mass is 309 g/mol. The number of hydrogen-bond donors (Lipinski definition) is 1. The summed E-state index contributed by atoms with van der Waals surface area (Å²) in [5, 5.41) is 4.27. The van der Waals surface area contributed by atoms with E-state index in [0.717, 1.165) is 27.4 Å². The van der Waals surface area contributed by atoms with Gasteiger partial charge in [0.05, 0.1) is 5.69 Å². The molecule has 0 spiro atoms. The lowest BCUT2D eigenvalue weighted by Gasteiger charge is -2.05. The highest BCUT2D eigenvalue weighted by Crippen LogP contribution is 2.32. The van der Waals surface area contributed by atoms with E-state index in [2.05, 4.69) is 37.3 Å². The molecule has 2 heterocycles. The predicted molar refractivity (Wildman–Crippen MR) is 74.1 cm³/mol. The first-order valence-electron chi connectivity index (χ1n) is 5.60. The third-order valence-corrected chi connectivity index (χ3v) is 4.37. The molecule has 0 bridgehead atoms. The van der Waals surface area contributed by atoms with E-state index in [4.69, 9.17) is 0 Å². The Morgan fingerprint density at radius 2 is 2.29 bits per heavy atom. The van der Waals surface area contributed by atoms with E-state index in [0.29, 0.717) is 0 Å². The topological polar surface area (TPSA) is 37.8 Å². The maximum absolute atomic E-state index is 4.61. The zero-order valence-electron chi connectivity index (χ0n) is 9.46. The van der Waals surface area contributed by atoms with Crippen LogP contribution in [0.15, 0.2) is 16.7 Å². The Kier molecular flexibility index (Phi) is 2.88. The molecule has 3 nitrogen and oxygen atoms in total. The van der Waals surface area contributed by atoms with Crippen molar-refractivity contribution in [3.8, 4) is 0 Å². The van der Waals surface area contributed by atoms with E-state index in [1.165, 1.54) is 23.4 Å². The Balaban J connectivity index is 1.86. The SMILES string of the molecule is Cc1cc(Br)cnc1Nc1nc2c(s1)CCC2. The van der Waals surface area contributed by atoms with E-state index in [-0.39, 0.29) is 0 Å². The van der Waals surface area contributed by atoms with Gasteiger partial charge in [-0.05, 0) is 53.7 Å². The Morgan fingerprint density at radius 3 is 3.06 bits per heavy atom. The van der Waals surface area contributed by atoms with Crippen molar-refractivity contribution in [1.29, 1.82) is 0 Å². The normalized spacial score (nSPS) is 13.8. The molecule has 1 aliphatic carbocycles. The Hall–Kier alpha value is -0.940. The quantitative estimate of drug-likeness (QED) is 0.916. The minimum Gasteiger partial charge on any atom is -0.316 e. The van der Waals surface area contributed by atoms with Crippen LogP contribution < -0.4 is 5.32 Å². The number of aryl methyl sites for hydroxylation is 3. The second-order valence-electron chi connectivity index (χ2n) is 4.19. The van der Waals surface area contributed by atoms with Crippen molar-refractivity contribution < 1.29 is 0 Å². The van der Waals surface area contributed by atoms with Crippen molar-refractivity contribution in [3.63, 3.8) is 0 Å². The molecule has 3 rings (SSSR count). The number of nitrogens with zero attached hydrogens (tertiary/aromatic N) is 2. The van der Waals surface area contributed by atoms with Gasteiger partial charge in [-0.3, -0.25) is 0 Å². The van der Waals surface area contributed by atoms with Gasteiger partial charge in [-0.2, -0.15) is 0 Å². The summed E-state index contributed by atoms with van der Waals surface area (Å²) in [7, 11) is 0. The number of pyridine rings is 1. The third kappa shape index (κ3) is 2.21. The summed E-state index contributed by atoms with van der Waals surface area (Å²) in [6.45, 7) is 2.04. The summed E-state index contributed by atoms with van der Waals surface area (Å²) in [5.41, 5.74) is 2.39. The number of thiazole rings is 1. The van der Waals surface area contributed by atoms with Gasteiger partial charge in [-0.1, -0.05) is 0 Å². The van der Waals surface area contributed by atoms with E-state index in [9.17, 15) is 0 Å². The van der Waals surface area contributed by atoms with Crippen molar-refractivity contribution in [2.45, 2.75) is 26.2 Å². The fraction of sp³-hybridized carbons (Fsp3) is 0.333. The molecule has 0 amide bonds. The van der Waals surface area contributed by atoms with Crippen LogP contribution in [0.5, 0.6) is 0 Å². The maximum atomic E-state index is 4.61. The zero-order chi connectivity index (χ0) is 11.8. The third-order valence-electron chi connectivity index (χ3n) is 2.87. The molecule has 0 aliphatic heterocycles. The summed E-state index contributed by atoms with van der Waals surface area (Å²) in [6.07, 6.45) is 5.36. The average molecular weight is 310 g/mol. The van der Waals surface area contributed by atoms with Gasteiger partial charge in [0.15, 0.2) is 5.13 Å². The van der Waals surface area contributed by atoms with Crippen LogP contribution >= 0.6 is 27.3 Å². The van der Waals surface area contributed by atoms with Gasteiger partial charge in [-0.15, -0.1) is 11.3 Å². The van der Waals surface area contributed by atoms with Crippen LogP contribution in [-0.4, -0.2) is 9.97 Å². The smallest absolute Gasteiger partial charge is 0.188 e. The van der Waals surface area contributed by atoms with Gasteiger partial charge < -0.3 is 5.32 Å². The summed E-state index contributed by atoms with van der Waals surface area (Å²) >= 11 is 5.17. The van der Waals surface area contributed by atoms with E-state index in [1.54, 1.807) is 17.5 Å². The van der Waals surface area contributed by atoms with Crippen LogP contribution in [0, 0.1) is 6.92 Å². The van der Waals surface area contributed by atoms with Gasteiger partial charge in [0.25, 0.3) is 0 Å². The average Bonchev–Trinajstić information content (AvgIpc) is 2.82. The molecule has 0 unspecified atom stereocenters. The molecular formula is C12H12BrN3S. The van der Waals surface area contributed by atoms with Crippen molar-refractivity contribution in [2.24, 2.45) is 0 Å². The summed E-state index contributed by atoms with van der Waals surface area (Å²) in [4.78, 5) is 10.4. The van der Waals surface area contributed by atoms with Gasteiger partial charge in [0.1, 0.15) is 5.82 Å². The summed E-state index contributed by atoms with van der Waals surface area (Å²) in [6, 6.07) is 2.05. The van der Waals surface area contributed by atoms with Gasteiger partial charge in [0, 0.05) is 15.5 Å². The first kappa shape index (κ1) is 11.2. The van der Waals surface area contributed by atoms with Gasteiger partial charge in [-0.25, -0.2) is 9.97 Å². The van der Waals surface area contributed by atoms with E-state index < -0.39 is 0 Å². The number of anilines is 2. The van der Waals surface area contributed by atoms with Crippen molar-refractivity contribution >= 4 is 38.2 Å². The highest BCUT2D eigenvalue weighted by molar-refractivity contribution is 9.10. The molecule has 0 fully saturated rings. The van der Waals surface area contributed by atoms with Gasteiger partial charge >= 0.3 is 0 Å². The van der Waals surface area contributed by atoms with Crippen LogP contribution in [0.25, 0.3) is 0 Å². The number of aromatic nitrogens is 2. The molecule has 2 aromatic rings. The Labute approximate surface area is 112 Å². The predicted octanol–water partition coefficient (Wildman–Crippen LogP) is 3.84. The van der Waals surface area contributed by atoms with E-state index in [1.807, 2.05) is 6.92 Å². The second kappa shape index (κ2) is 4.38. The summed E-state index contributed by atoms with van der Waals surface area (Å²) in [5.74, 6) is 0.889. The fourth-order valence-electron chi connectivity index (χ4n) is 2.02. The molecule has 1 N–H and O–H groups in total. The Morgan fingerprint density at radius 1 is 1.41 bits per heavy atom. The molecule has 0 aromatic carbocycles. The molecule has 0 atom stereocenters. The maximum Gasteiger partial charge on any atom is 0.188 e. The lowest BCUT2D eigenvalue weighted by Crippen LogP contribution is -1.96. The largest absolute Gasteiger partial charge is 0.316 e. The number of halogens is 1. The van der Waals surface area contributed by atoms with Crippen molar-refractivity contribution in [2.75, 3.05) is 5.32 Å². The van der Waals surface area contributed by atoms with Crippen molar-refractivity contribution in [3.05, 3.63) is 32.9 Å². The van der Waals surface area contributed by atoms with Crippen LogP contribution in [0.2, 0.25) is 0 Å². The highest BCUT2D eigenvalue weighted by atomic mass is 79.9. The number of rotatable bonds is 2. The van der Waals surface area contributed by atoms with Crippen LogP contribution in [-0.2, 0) is 12.8 Å². The molecule has 0 saturated heterocycles. The lowest BCUT2D eigenvalue weighted by atomic mass is 10.3. The van der Waals surface area contributed by atoms with Gasteiger partial charge in [0.2, 0.25) is 0 Å². The minimum absolute atomic E-state index is 0.889. The molecule has 17 heavy (non-hydrogen) atoms. The van der Waals surface area contributed by atoms with Crippen LogP contribution in [0.3, 0.4) is 0 Å². The molecular weight excluding hydrogens is 298 g/mol. The fourth-order valence-corrected chi connectivity index (χ4v) is 3.51. The van der Waals surface area contributed by atoms with Crippen LogP contribution in [0.1, 0.15) is 22.6 Å². The molecule has 0 saturated carbocycles. The summed E-state index contributed by atoms with van der Waals surface area (Å²) < 4.78 is 1.00. The highest BCUT2D eigenvalue weighted by Gasteiger charge is 2.17. The number of fused-ring (bicyclic) bond motifs is 1. The molecule has 0 radical (unpaired) electrons. The van der Waals surface area contributed by atoms with E-state index >= 15 is 0 Å². The standard InChI is InChI=1S/C12H12BrN3S/c1-7-5-8(13)6-14-11(7)16-12-15-9-3-2-4-10(9)17-12/h5-6H,2-4H2,1H3,(H,14,15,16). The van der Waals surface area contributed by atoms with Crippen LogP contribution in [0.4, 0.5) is 10.9 Å². The number of nitrogens with one attached hydrogen (secondary N) is 1. The Bertz CT molecular complexity index is 543. The number of hydrogen-bond acceptors (Lipinski definition) is 4.